The third-order valence-electron chi connectivity index (χ3n) is 2.93. The van der Waals surface area contributed by atoms with E-state index in [-0.39, 0.29) is 6.54 Å². The second-order valence-electron chi connectivity index (χ2n) is 3.90. The molecule has 0 aliphatic rings. The molecule has 0 saturated heterocycles. The Hall–Kier alpha value is -1.68. The number of aryl methyl sites for hydroxylation is 1. The second kappa shape index (κ2) is 4.67. The number of hydrogen-bond acceptors (Lipinski definition) is 2. The van der Waals surface area contributed by atoms with Gasteiger partial charge in [0.25, 0.3) is 0 Å². The fourth-order valence-electron chi connectivity index (χ4n) is 1.99. The zero-order chi connectivity index (χ0) is 12.3. The predicted octanol–water partition coefficient (Wildman–Crippen LogP) is 2.07. The summed E-state index contributed by atoms with van der Waals surface area (Å²) in [5.41, 5.74) is 5.04. The zero-order valence-corrected chi connectivity index (χ0v) is 9.81. The Balaban J connectivity index is 2.52. The van der Waals surface area contributed by atoms with Gasteiger partial charge in [-0.25, -0.2) is 4.39 Å². The molecule has 3 nitrogen and oxygen atoms in total. The van der Waals surface area contributed by atoms with Gasteiger partial charge in [-0.1, -0.05) is 30.3 Å². The highest BCUT2D eigenvalue weighted by Crippen LogP contribution is 2.32. The molecule has 90 valence electrons. The van der Waals surface area contributed by atoms with Crippen LogP contribution in [0, 0.1) is 0 Å². The minimum Gasteiger partial charge on any atom is -0.327 e. The average molecular weight is 233 g/mol. The van der Waals surface area contributed by atoms with Crippen LogP contribution in [0.1, 0.15) is 18.2 Å². The van der Waals surface area contributed by atoms with Crippen LogP contribution in [-0.4, -0.2) is 16.3 Å². The maximum Gasteiger partial charge on any atom is 0.189 e. The van der Waals surface area contributed by atoms with Crippen LogP contribution in [0.4, 0.5) is 4.39 Å². The first-order valence-corrected chi connectivity index (χ1v) is 5.69. The van der Waals surface area contributed by atoms with E-state index in [1.165, 1.54) is 0 Å². The first-order valence-electron chi connectivity index (χ1n) is 5.69. The zero-order valence-electron chi connectivity index (χ0n) is 9.81. The van der Waals surface area contributed by atoms with Crippen molar-refractivity contribution in [1.29, 1.82) is 0 Å². The maximum atomic E-state index is 15.1. The molecule has 0 bridgehead atoms. The second-order valence-corrected chi connectivity index (χ2v) is 3.90. The molecule has 0 aliphatic carbocycles. The lowest BCUT2D eigenvalue weighted by atomic mass is 9.92. The first kappa shape index (κ1) is 11.8. The van der Waals surface area contributed by atoms with Crippen LogP contribution in [0.15, 0.2) is 42.6 Å². The summed E-state index contributed by atoms with van der Waals surface area (Å²) in [7, 11) is 0. The molecule has 2 N–H and O–H groups in total. The molecule has 0 radical (unpaired) electrons. The van der Waals surface area contributed by atoms with Crippen molar-refractivity contribution in [2.75, 3.05) is 6.54 Å². The maximum absolute atomic E-state index is 15.1. The molecule has 2 aromatic rings. The molecule has 1 heterocycles. The van der Waals surface area contributed by atoms with Gasteiger partial charge < -0.3 is 5.73 Å². The Morgan fingerprint density at radius 1 is 1.29 bits per heavy atom. The number of halogens is 1. The van der Waals surface area contributed by atoms with E-state index in [1.54, 1.807) is 29.1 Å². The van der Waals surface area contributed by atoms with Crippen LogP contribution in [0.25, 0.3) is 0 Å². The number of alkyl halides is 1. The van der Waals surface area contributed by atoms with Crippen LogP contribution in [0.2, 0.25) is 0 Å². The highest BCUT2D eigenvalue weighted by Gasteiger charge is 2.35. The SMILES string of the molecule is CCn1nccc1C(F)(CN)c1ccccc1. The van der Waals surface area contributed by atoms with Gasteiger partial charge in [-0.05, 0) is 18.6 Å². The van der Waals surface area contributed by atoms with Gasteiger partial charge in [0.1, 0.15) is 0 Å². The quantitative estimate of drug-likeness (QED) is 0.878. The molecular weight excluding hydrogens is 217 g/mol. The fraction of sp³-hybridized carbons (Fsp3) is 0.308. The molecule has 4 heteroatoms. The van der Waals surface area contributed by atoms with E-state index in [0.717, 1.165) is 0 Å². The summed E-state index contributed by atoms with van der Waals surface area (Å²) in [6.45, 7) is 2.46. The van der Waals surface area contributed by atoms with E-state index in [4.69, 9.17) is 5.73 Å². The summed E-state index contributed by atoms with van der Waals surface area (Å²) in [5.74, 6) is 0. The summed E-state index contributed by atoms with van der Waals surface area (Å²) < 4.78 is 16.7. The van der Waals surface area contributed by atoms with Crippen molar-refractivity contribution in [2.45, 2.75) is 19.1 Å². The largest absolute Gasteiger partial charge is 0.327 e. The van der Waals surface area contributed by atoms with Gasteiger partial charge in [0.2, 0.25) is 0 Å². The lowest BCUT2D eigenvalue weighted by Gasteiger charge is -2.25. The van der Waals surface area contributed by atoms with Gasteiger partial charge >= 0.3 is 0 Å². The van der Waals surface area contributed by atoms with Gasteiger partial charge in [0.15, 0.2) is 5.67 Å². The Labute approximate surface area is 100 Å². The van der Waals surface area contributed by atoms with Crippen molar-refractivity contribution < 1.29 is 4.39 Å². The molecule has 17 heavy (non-hydrogen) atoms. The number of nitrogens with zero attached hydrogens (tertiary/aromatic N) is 2. The highest BCUT2D eigenvalue weighted by molar-refractivity contribution is 5.32. The lowest BCUT2D eigenvalue weighted by Crippen LogP contribution is -2.34. The smallest absolute Gasteiger partial charge is 0.189 e. The van der Waals surface area contributed by atoms with Crippen LogP contribution in [0.5, 0.6) is 0 Å². The number of hydrogen-bond donors (Lipinski definition) is 1. The molecule has 2 rings (SSSR count). The summed E-state index contributed by atoms with van der Waals surface area (Å²) in [6, 6.07) is 10.7. The Morgan fingerprint density at radius 2 is 2.00 bits per heavy atom. The number of rotatable bonds is 4. The average Bonchev–Trinajstić information content (AvgIpc) is 2.87. The molecule has 0 spiro atoms. The minimum absolute atomic E-state index is 0.0945. The van der Waals surface area contributed by atoms with Crippen LogP contribution in [-0.2, 0) is 12.2 Å². The van der Waals surface area contributed by atoms with Crippen LogP contribution < -0.4 is 5.73 Å². The Kier molecular flexibility index (Phi) is 3.24. The van der Waals surface area contributed by atoms with Gasteiger partial charge in [-0.2, -0.15) is 5.10 Å². The van der Waals surface area contributed by atoms with Crippen molar-refractivity contribution in [3.8, 4) is 0 Å². The molecule has 0 amide bonds. The molecular formula is C13H16FN3. The summed E-state index contributed by atoms with van der Waals surface area (Å²) in [4.78, 5) is 0. The minimum atomic E-state index is -1.67. The van der Waals surface area contributed by atoms with E-state index in [2.05, 4.69) is 5.10 Å². The van der Waals surface area contributed by atoms with Crippen molar-refractivity contribution in [3.63, 3.8) is 0 Å². The Morgan fingerprint density at radius 3 is 2.59 bits per heavy atom. The van der Waals surface area contributed by atoms with Gasteiger partial charge in [-0.15, -0.1) is 0 Å². The molecule has 1 aromatic carbocycles. The summed E-state index contributed by atoms with van der Waals surface area (Å²) in [5, 5.41) is 4.10. The monoisotopic (exact) mass is 233 g/mol. The highest BCUT2D eigenvalue weighted by atomic mass is 19.1. The third-order valence-corrected chi connectivity index (χ3v) is 2.93. The molecule has 0 aliphatic heterocycles. The topological polar surface area (TPSA) is 43.8 Å². The van der Waals surface area contributed by atoms with E-state index in [1.807, 2.05) is 25.1 Å². The van der Waals surface area contributed by atoms with Gasteiger partial charge in [-0.3, -0.25) is 4.68 Å². The van der Waals surface area contributed by atoms with E-state index < -0.39 is 5.67 Å². The lowest BCUT2D eigenvalue weighted by molar-refractivity contribution is 0.215. The van der Waals surface area contributed by atoms with E-state index >= 15 is 4.39 Å². The molecule has 1 atom stereocenters. The molecule has 0 saturated carbocycles. The van der Waals surface area contributed by atoms with Gasteiger partial charge in [0, 0.05) is 19.3 Å². The van der Waals surface area contributed by atoms with Crippen molar-refractivity contribution in [1.82, 2.24) is 9.78 Å². The van der Waals surface area contributed by atoms with Crippen LogP contribution in [0.3, 0.4) is 0 Å². The Bertz CT molecular complexity index is 480. The van der Waals surface area contributed by atoms with Crippen LogP contribution >= 0.6 is 0 Å². The molecule has 1 aromatic heterocycles. The van der Waals surface area contributed by atoms with E-state index in [9.17, 15) is 0 Å². The standard InChI is InChI=1S/C13H16FN3/c1-2-17-12(8-9-16-17)13(14,10-15)11-6-4-3-5-7-11/h3-9H,2,10,15H2,1H3. The van der Waals surface area contributed by atoms with Crippen molar-refractivity contribution in [2.24, 2.45) is 5.73 Å². The predicted molar refractivity (Wildman–Crippen MR) is 65.3 cm³/mol. The van der Waals surface area contributed by atoms with Gasteiger partial charge in [0.05, 0.1) is 5.69 Å². The number of nitrogens with two attached hydrogens (primary N) is 1. The third kappa shape index (κ3) is 1.96. The van der Waals surface area contributed by atoms with Crippen molar-refractivity contribution in [3.05, 3.63) is 53.9 Å². The summed E-state index contributed by atoms with van der Waals surface area (Å²) >= 11 is 0. The fourth-order valence-corrected chi connectivity index (χ4v) is 1.99. The number of benzene rings is 1. The molecule has 0 fully saturated rings. The van der Waals surface area contributed by atoms with E-state index in [0.29, 0.717) is 17.8 Å². The normalized spacial score (nSPS) is 14.5. The molecule has 1 unspecified atom stereocenters. The first-order chi connectivity index (χ1) is 8.22. The number of aromatic nitrogens is 2. The van der Waals surface area contributed by atoms with Crippen molar-refractivity contribution >= 4 is 0 Å². The summed E-state index contributed by atoms with van der Waals surface area (Å²) in [6.07, 6.45) is 1.60.